The molecular weight excluding hydrogens is 465 g/mol. The molecule has 2 aliphatic rings. The van der Waals surface area contributed by atoms with Crippen LogP contribution >= 0.6 is 0 Å². The smallest absolute Gasteiger partial charge is 0.372 e. The topological polar surface area (TPSA) is 58.2 Å². The van der Waals surface area contributed by atoms with E-state index in [9.17, 15) is 22.8 Å². The number of fused-ring (bicyclic) bond motifs is 1. The van der Waals surface area contributed by atoms with E-state index in [0.29, 0.717) is 46.5 Å². The van der Waals surface area contributed by atoms with Gasteiger partial charge in [-0.3, -0.25) is 9.59 Å². The second-order valence-electron chi connectivity index (χ2n) is 10.1. The van der Waals surface area contributed by atoms with Crippen molar-refractivity contribution in [2.45, 2.75) is 38.9 Å². The number of Topliss-reactive ketones (excluding diaryl/α,β-unsaturated/α-hetero) is 1. The summed E-state index contributed by atoms with van der Waals surface area (Å²) in [5.74, 6) is -0.183. The molecule has 0 amide bonds. The Hall–Kier alpha value is -3.87. The molecule has 3 aromatic rings. The zero-order valence-electron chi connectivity index (χ0n) is 19.9. The predicted octanol–water partition coefficient (Wildman–Crippen LogP) is 7.16. The van der Waals surface area contributed by atoms with E-state index in [-0.39, 0.29) is 17.0 Å². The highest BCUT2D eigenvalue weighted by molar-refractivity contribution is 6.10. The van der Waals surface area contributed by atoms with Crippen LogP contribution in [0, 0.1) is 5.41 Å². The number of hydrogen-bond donors (Lipinski definition) is 2. The van der Waals surface area contributed by atoms with Crippen molar-refractivity contribution >= 4 is 22.9 Å². The summed E-state index contributed by atoms with van der Waals surface area (Å²) in [6.45, 7) is 4.02. The first-order chi connectivity index (χ1) is 17.0. The van der Waals surface area contributed by atoms with Gasteiger partial charge in [0.25, 0.3) is 0 Å². The van der Waals surface area contributed by atoms with E-state index < -0.39 is 17.8 Å². The number of hydrogen-bond acceptors (Lipinski definition) is 4. The third kappa shape index (κ3) is 4.53. The minimum Gasteiger partial charge on any atom is -0.372 e. The maximum atomic E-state index is 13.3. The second-order valence-corrected chi connectivity index (χ2v) is 10.1. The van der Waals surface area contributed by atoms with Gasteiger partial charge in [-0.2, -0.15) is 13.2 Å². The van der Waals surface area contributed by atoms with E-state index in [1.54, 1.807) is 42.5 Å². The van der Waals surface area contributed by atoms with Gasteiger partial charge < -0.3 is 10.6 Å². The van der Waals surface area contributed by atoms with Crippen LogP contribution in [-0.4, -0.2) is 11.6 Å². The molecule has 0 unspecified atom stereocenters. The van der Waals surface area contributed by atoms with Gasteiger partial charge in [0.1, 0.15) is 0 Å². The van der Waals surface area contributed by atoms with E-state index in [1.807, 2.05) is 19.9 Å². The molecule has 0 saturated carbocycles. The third-order valence-electron chi connectivity index (χ3n) is 6.68. The molecule has 0 saturated heterocycles. The lowest BCUT2D eigenvalue weighted by molar-refractivity contribution is -0.137. The molecule has 0 fully saturated rings. The SMILES string of the molecule is CC1(C)CC(=O)C2=C(C1)Nc1cc(C(=O)c3ccccc3)ccc1N[C@H]2c1ccc(C(F)(F)F)cc1. The van der Waals surface area contributed by atoms with Crippen LogP contribution in [0.25, 0.3) is 0 Å². The van der Waals surface area contributed by atoms with Gasteiger partial charge in [0.05, 0.1) is 23.0 Å². The normalized spacial score (nSPS) is 18.9. The van der Waals surface area contributed by atoms with Crippen LogP contribution in [0.5, 0.6) is 0 Å². The van der Waals surface area contributed by atoms with Crippen molar-refractivity contribution in [3.63, 3.8) is 0 Å². The predicted molar refractivity (Wildman–Crippen MR) is 133 cm³/mol. The van der Waals surface area contributed by atoms with E-state index in [2.05, 4.69) is 10.6 Å². The standard InChI is InChI=1S/C29H25F3N2O2/c1-28(2)15-23-25(24(35)16-28)26(17-8-11-20(12-9-17)29(30,31)32)34-21-13-10-19(14-22(21)33-23)27(36)18-6-4-3-5-7-18/h3-14,26,33-34H,15-16H2,1-2H3/t26-/m0/s1. The van der Waals surface area contributed by atoms with E-state index >= 15 is 0 Å². The Kier molecular flexibility index (Phi) is 5.74. The highest BCUT2D eigenvalue weighted by Crippen LogP contribution is 2.46. The molecule has 1 aliphatic carbocycles. The first-order valence-corrected chi connectivity index (χ1v) is 11.7. The lowest BCUT2D eigenvalue weighted by Gasteiger charge is -2.34. The van der Waals surface area contributed by atoms with Crippen molar-refractivity contribution in [3.8, 4) is 0 Å². The second kappa shape index (κ2) is 8.66. The lowest BCUT2D eigenvalue weighted by Crippen LogP contribution is -2.31. The number of halogens is 3. The fourth-order valence-corrected chi connectivity index (χ4v) is 4.96. The molecule has 5 rings (SSSR count). The number of carbonyl (C=O) groups excluding carboxylic acids is 2. The van der Waals surface area contributed by atoms with Crippen LogP contribution in [-0.2, 0) is 11.0 Å². The Labute approximate surface area is 207 Å². The fourth-order valence-electron chi connectivity index (χ4n) is 4.96. The van der Waals surface area contributed by atoms with Crippen LogP contribution in [0.3, 0.4) is 0 Å². The van der Waals surface area contributed by atoms with Crippen LogP contribution in [0.2, 0.25) is 0 Å². The molecule has 3 aromatic carbocycles. The van der Waals surface area contributed by atoms with Gasteiger partial charge in [0, 0.05) is 28.8 Å². The van der Waals surface area contributed by atoms with Crippen molar-refractivity contribution in [2.24, 2.45) is 5.41 Å². The molecule has 2 N–H and O–H groups in total. The van der Waals surface area contributed by atoms with Gasteiger partial charge in [0.2, 0.25) is 0 Å². The van der Waals surface area contributed by atoms with E-state index in [4.69, 9.17) is 0 Å². The van der Waals surface area contributed by atoms with Crippen molar-refractivity contribution < 1.29 is 22.8 Å². The summed E-state index contributed by atoms with van der Waals surface area (Å²) in [7, 11) is 0. The number of alkyl halides is 3. The third-order valence-corrected chi connectivity index (χ3v) is 6.68. The highest BCUT2D eigenvalue weighted by Gasteiger charge is 2.39. The minimum atomic E-state index is -4.44. The number of allylic oxidation sites excluding steroid dienone is 1. The molecule has 1 aliphatic heterocycles. The Bertz CT molecular complexity index is 1370. The van der Waals surface area contributed by atoms with Gasteiger partial charge in [-0.1, -0.05) is 56.3 Å². The van der Waals surface area contributed by atoms with Crippen molar-refractivity contribution in [3.05, 3.63) is 106 Å². The fraction of sp³-hybridized carbons (Fsp3) is 0.241. The molecule has 0 aromatic heterocycles. The van der Waals surface area contributed by atoms with Gasteiger partial charge in [-0.15, -0.1) is 0 Å². The zero-order valence-corrected chi connectivity index (χ0v) is 19.9. The van der Waals surface area contributed by atoms with Gasteiger partial charge in [0.15, 0.2) is 11.6 Å². The van der Waals surface area contributed by atoms with Gasteiger partial charge >= 0.3 is 6.18 Å². The maximum absolute atomic E-state index is 13.3. The quantitative estimate of drug-likeness (QED) is 0.383. The Morgan fingerprint density at radius 2 is 1.58 bits per heavy atom. The molecule has 0 spiro atoms. The lowest BCUT2D eigenvalue weighted by atomic mass is 9.73. The Morgan fingerprint density at radius 1 is 0.889 bits per heavy atom. The number of benzene rings is 3. The summed E-state index contributed by atoms with van der Waals surface area (Å²) in [6, 6.07) is 18.5. The van der Waals surface area contributed by atoms with Crippen LogP contribution in [0.1, 0.15) is 59.8 Å². The number of nitrogens with one attached hydrogen (secondary N) is 2. The van der Waals surface area contributed by atoms with E-state index in [1.165, 1.54) is 12.1 Å². The largest absolute Gasteiger partial charge is 0.416 e. The van der Waals surface area contributed by atoms with Crippen LogP contribution in [0.4, 0.5) is 24.5 Å². The average Bonchev–Trinajstić information content (AvgIpc) is 2.99. The number of rotatable bonds is 3. The summed E-state index contributed by atoms with van der Waals surface area (Å²) in [5.41, 5.74) is 3.12. The van der Waals surface area contributed by atoms with Crippen molar-refractivity contribution in [1.82, 2.24) is 0 Å². The summed E-state index contributed by atoms with van der Waals surface area (Å²) in [4.78, 5) is 26.4. The molecule has 0 bridgehead atoms. The Morgan fingerprint density at radius 3 is 2.25 bits per heavy atom. The molecule has 4 nitrogen and oxygen atoms in total. The number of anilines is 2. The molecule has 7 heteroatoms. The molecule has 184 valence electrons. The number of ketones is 2. The first-order valence-electron chi connectivity index (χ1n) is 11.7. The minimum absolute atomic E-state index is 0.0560. The molecule has 36 heavy (non-hydrogen) atoms. The summed E-state index contributed by atoms with van der Waals surface area (Å²) in [6.07, 6.45) is -3.52. The van der Waals surface area contributed by atoms with Crippen LogP contribution in [0.15, 0.2) is 84.1 Å². The molecular formula is C29H25F3N2O2. The van der Waals surface area contributed by atoms with Gasteiger partial charge in [-0.05, 0) is 47.7 Å². The number of carbonyl (C=O) groups is 2. The zero-order chi connectivity index (χ0) is 25.7. The summed E-state index contributed by atoms with van der Waals surface area (Å²) < 4.78 is 39.4. The highest BCUT2D eigenvalue weighted by atomic mass is 19.4. The summed E-state index contributed by atoms with van der Waals surface area (Å²) >= 11 is 0. The van der Waals surface area contributed by atoms with Crippen molar-refractivity contribution in [2.75, 3.05) is 10.6 Å². The van der Waals surface area contributed by atoms with Gasteiger partial charge in [-0.25, -0.2) is 0 Å². The van der Waals surface area contributed by atoms with Crippen LogP contribution < -0.4 is 10.6 Å². The molecule has 1 heterocycles. The summed E-state index contributed by atoms with van der Waals surface area (Å²) in [5, 5.41) is 6.76. The molecule has 0 radical (unpaired) electrons. The average molecular weight is 491 g/mol. The first kappa shape index (κ1) is 23.9. The van der Waals surface area contributed by atoms with Crippen molar-refractivity contribution in [1.29, 1.82) is 0 Å². The maximum Gasteiger partial charge on any atom is 0.416 e. The monoisotopic (exact) mass is 490 g/mol. The van der Waals surface area contributed by atoms with E-state index in [0.717, 1.165) is 17.8 Å². The Balaban J connectivity index is 1.59. The molecule has 1 atom stereocenters.